The van der Waals surface area contributed by atoms with E-state index in [2.05, 4.69) is 30.1 Å². The molecule has 20 heavy (non-hydrogen) atoms. The van der Waals surface area contributed by atoms with E-state index in [0.717, 1.165) is 24.4 Å². The molecule has 0 atom stereocenters. The highest BCUT2D eigenvalue weighted by molar-refractivity contribution is 5.33. The van der Waals surface area contributed by atoms with Crippen LogP contribution >= 0.6 is 0 Å². The summed E-state index contributed by atoms with van der Waals surface area (Å²) in [5.74, 6) is 0.873. The first kappa shape index (κ1) is 14.1. The van der Waals surface area contributed by atoms with Crippen molar-refractivity contribution in [3.8, 4) is 11.8 Å². The molecule has 0 fully saturated rings. The first-order valence-corrected chi connectivity index (χ1v) is 6.52. The molecular weight excluding hydrogens is 248 g/mol. The number of methoxy groups -OCH3 is 1. The summed E-state index contributed by atoms with van der Waals surface area (Å²) in [4.78, 5) is 2.22. The van der Waals surface area contributed by atoms with Crippen molar-refractivity contribution in [3.63, 3.8) is 0 Å². The van der Waals surface area contributed by atoms with Crippen LogP contribution in [-0.2, 0) is 13.1 Å². The van der Waals surface area contributed by atoms with Gasteiger partial charge in [-0.3, -0.25) is 4.90 Å². The van der Waals surface area contributed by atoms with E-state index in [0.29, 0.717) is 5.56 Å². The molecule has 0 unspecified atom stereocenters. The monoisotopic (exact) mass is 266 g/mol. The van der Waals surface area contributed by atoms with E-state index in [1.807, 2.05) is 36.4 Å². The molecule has 0 aliphatic rings. The van der Waals surface area contributed by atoms with E-state index >= 15 is 0 Å². The van der Waals surface area contributed by atoms with Gasteiger partial charge in [-0.05, 0) is 42.4 Å². The van der Waals surface area contributed by atoms with Gasteiger partial charge in [-0.15, -0.1) is 0 Å². The van der Waals surface area contributed by atoms with Crippen LogP contribution in [-0.4, -0.2) is 19.1 Å². The van der Waals surface area contributed by atoms with Gasteiger partial charge >= 0.3 is 0 Å². The van der Waals surface area contributed by atoms with Crippen molar-refractivity contribution < 1.29 is 4.74 Å². The fourth-order valence-corrected chi connectivity index (χ4v) is 2.15. The van der Waals surface area contributed by atoms with E-state index in [4.69, 9.17) is 10.00 Å². The number of benzene rings is 2. The molecule has 0 aliphatic heterocycles. The molecule has 3 nitrogen and oxygen atoms in total. The number of hydrogen-bond acceptors (Lipinski definition) is 3. The highest BCUT2D eigenvalue weighted by atomic mass is 16.5. The second-order valence-corrected chi connectivity index (χ2v) is 4.83. The number of hydrogen-bond donors (Lipinski definition) is 0. The Bertz CT molecular complexity index is 599. The molecule has 3 heteroatoms. The molecule has 0 aromatic heterocycles. The minimum Gasteiger partial charge on any atom is -0.497 e. The van der Waals surface area contributed by atoms with E-state index in [-0.39, 0.29) is 0 Å². The Morgan fingerprint density at radius 2 is 1.75 bits per heavy atom. The summed E-state index contributed by atoms with van der Waals surface area (Å²) >= 11 is 0. The normalized spacial score (nSPS) is 10.3. The quantitative estimate of drug-likeness (QED) is 0.833. The highest BCUT2D eigenvalue weighted by Gasteiger charge is 2.03. The van der Waals surface area contributed by atoms with Crippen LogP contribution in [0.1, 0.15) is 16.7 Å². The van der Waals surface area contributed by atoms with Gasteiger partial charge in [-0.1, -0.05) is 24.3 Å². The van der Waals surface area contributed by atoms with Crippen LogP contribution < -0.4 is 4.74 Å². The summed E-state index contributed by atoms with van der Waals surface area (Å²) in [5.41, 5.74) is 3.10. The molecule has 0 aliphatic carbocycles. The molecule has 2 aromatic carbocycles. The number of nitriles is 1. The van der Waals surface area contributed by atoms with E-state index < -0.39 is 0 Å². The Kier molecular flexibility index (Phi) is 4.75. The van der Waals surface area contributed by atoms with Crippen molar-refractivity contribution >= 4 is 0 Å². The van der Waals surface area contributed by atoms with Crippen molar-refractivity contribution in [3.05, 3.63) is 65.2 Å². The zero-order valence-corrected chi connectivity index (χ0v) is 11.8. The summed E-state index contributed by atoms with van der Waals surface area (Å²) < 4.78 is 5.15. The average molecular weight is 266 g/mol. The van der Waals surface area contributed by atoms with Gasteiger partial charge in [0.2, 0.25) is 0 Å². The predicted molar refractivity (Wildman–Crippen MR) is 79.3 cm³/mol. The van der Waals surface area contributed by atoms with E-state index in [1.165, 1.54) is 5.56 Å². The lowest BCUT2D eigenvalue weighted by atomic mass is 10.1. The van der Waals surface area contributed by atoms with Gasteiger partial charge in [0.15, 0.2) is 0 Å². The first-order chi connectivity index (χ1) is 9.71. The van der Waals surface area contributed by atoms with Crippen molar-refractivity contribution in [1.29, 1.82) is 5.26 Å². The van der Waals surface area contributed by atoms with Gasteiger partial charge in [0.25, 0.3) is 0 Å². The van der Waals surface area contributed by atoms with Gasteiger partial charge in [-0.2, -0.15) is 5.26 Å². The fourth-order valence-electron chi connectivity index (χ4n) is 2.15. The second-order valence-electron chi connectivity index (χ2n) is 4.83. The van der Waals surface area contributed by atoms with Crippen LogP contribution in [0, 0.1) is 11.3 Å². The Morgan fingerprint density at radius 3 is 2.40 bits per heavy atom. The summed E-state index contributed by atoms with van der Waals surface area (Å²) in [5, 5.41) is 8.91. The molecule has 102 valence electrons. The van der Waals surface area contributed by atoms with Crippen LogP contribution in [0.15, 0.2) is 48.5 Å². The maximum absolute atomic E-state index is 8.91. The zero-order valence-electron chi connectivity index (χ0n) is 11.8. The molecule has 0 heterocycles. The Morgan fingerprint density at radius 1 is 1.05 bits per heavy atom. The van der Waals surface area contributed by atoms with Gasteiger partial charge in [0.05, 0.1) is 18.7 Å². The molecule has 2 rings (SSSR count). The maximum atomic E-state index is 8.91. The summed E-state index contributed by atoms with van der Waals surface area (Å²) in [6, 6.07) is 18.0. The fraction of sp³-hybridized carbons (Fsp3) is 0.235. The van der Waals surface area contributed by atoms with Gasteiger partial charge < -0.3 is 4.74 Å². The minimum absolute atomic E-state index is 0.709. The Labute approximate surface area is 120 Å². The van der Waals surface area contributed by atoms with Gasteiger partial charge in [0.1, 0.15) is 5.75 Å². The van der Waals surface area contributed by atoms with Crippen LogP contribution in [0.25, 0.3) is 0 Å². The van der Waals surface area contributed by atoms with E-state index in [9.17, 15) is 0 Å². The Balaban J connectivity index is 1.97. The summed E-state index contributed by atoms with van der Waals surface area (Å²) in [6.45, 7) is 1.68. The molecule has 0 spiro atoms. The van der Waals surface area contributed by atoms with Gasteiger partial charge in [-0.25, -0.2) is 0 Å². The van der Waals surface area contributed by atoms with Crippen molar-refractivity contribution in [1.82, 2.24) is 4.90 Å². The molecule has 0 radical (unpaired) electrons. The van der Waals surface area contributed by atoms with Crippen LogP contribution in [0.4, 0.5) is 0 Å². The lowest BCUT2D eigenvalue weighted by Crippen LogP contribution is -2.17. The molecular formula is C17H18N2O. The molecule has 0 N–H and O–H groups in total. The average Bonchev–Trinajstić information content (AvgIpc) is 2.48. The largest absolute Gasteiger partial charge is 0.497 e. The molecule has 0 bridgehead atoms. The van der Waals surface area contributed by atoms with Crippen LogP contribution in [0.2, 0.25) is 0 Å². The lowest BCUT2D eigenvalue weighted by Gasteiger charge is -2.17. The third-order valence-electron chi connectivity index (χ3n) is 3.12. The van der Waals surface area contributed by atoms with Crippen molar-refractivity contribution in [2.75, 3.05) is 14.2 Å². The third kappa shape index (κ3) is 3.84. The first-order valence-electron chi connectivity index (χ1n) is 6.52. The minimum atomic E-state index is 0.709. The SMILES string of the molecule is COc1ccc(CN(C)Cc2cccc(C#N)c2)cc1. The highest BCUT2D eigenvalue weighted by Crippen LogP contribution is 2.14. The van der Waals surface area contributed by atoms with Gasteiger partial charge in [0, 0.05) is 13.1 Å². The topological polar surface area (TPSA) is 36.3 Å². The predicted octanol–water partition coefficient (Wildman–Crippen LogP) is 3.20. The van der Waals surface area contributed by atoms with Crippen LogP contribution in [0.3, 0.4) is 0 Å². The number of rotatable bonds is 5. The second kappa shape index (κ2) is 6.74. The van der Waals surface area contributed by atoms with Crippen molar-refractivity contribution in [2.45, 2.75) is 13.1 Å². The molecule has 0 saturated carbocycles. The smallest absolute Gasteiger partial charge is 0.118 e. The summed E-state index contributed by atoms with van der Waals surface area (Å²) in [6.07, 6.45) is 0. The Hall–Kier alpha value is -2.31. The van der Waals surface area contributed by atoms with Crippen LogP contribution in [0.5, 0.6) is 5.75 Å². The van der Waals surface area contributed by atoms with Crippen molar-refractivity contribution in [2.24, 2.45) is 0 Å². The zero-order chi connectivity index (χ0) is 14.4. The molecule has 0 amide bonds. The number of nitrogens with zero attached hydrogens (tertiary/aromatic N) is 2. The number of ether oxygens (including phenoxy) is 1. The third-order valence-corrected chi connectivity index (χ3v) is 3.12. The standard InChI is InChI=1S/C17H18N2O/c1-19(12-14-6-8-17(20-2)9-7-14)13-16-5-3-4-15(10-16)11-18/h3-10H,12-13H2,1-2H3. The molecule has 0 saturated heterocycles. The maximum Gasteiger partial charge on any atom is 0.118 e. The van der Waals surface area contributed by atoms with E-state index in [1.54, 1.807) is 7.11 Å². The lowest BCUT2D eigenvalue weighted by molar-refractivity contribution is 0.319. The summed E-state index contributed by atoms with van der Waals surface area (Å²) in [7, 11) is 3.74. The molecule has 2 aromatic rings.